The van der Waals surface area contributed by atoms with E-state index in [0.29, 0.717) is 6.42 Å². The van der Waals surface area contributed by atoms with Gasteiger partial charge >= 0.3 is 0 Å². The van der Waals surface area contributed by atoms with Gasteiger partial charge in [0.1, 0.15) is 0 Å². The van der Waals surface area contributed by atoms with E-state index in [0.717, 1.165) is 12.1 Å². The van der Waals surface area contributed by atoms with Crippen LogP contribution < -0.4 is 11.1 Å². The summed E-state index contributed by atoms with van der Waals surface area (Å²) >= 11 is 0. The Kier molecular flexibility index (Phi) is 2.45. The second-order valence-corrected chi connectivity index (χ2v) is 3.57. The Bertz CT molecular complexity index is 325. The van der Waals surface area contributed by atoms with Gasteiger partial charge in [0, 0.05) is 18.7 Å². The third-order valence-electron chi connectivity index (χ3n) is 2.37. The third-order valence-corrected chi connectivity index (χ3v) is 2.37. The van der Waals surface area contributed by atoms with Crippen molar-refractivity contribution in [1.82, 2.24) is 10.3 Å². The standard InChI is InChI=1S/C10H13N3O/c11-7-5-9(13-10(14)6-7)8-3-1-2-4-12-8/h1-4,7,9H,5-6,11H2,(H,13,14). The maximum absolute atomic E-state index is 11.2. The molecule has 3 N–H and O–H groups in total. The lowest BCUT2D eigenvalue weighted by molar-refractivity contribution is -0.123. The molecule has 14 heavy (non-hydrogen) atoms. The van der Waals surface area contributed by atoms with E-state index >= 15 is 0 Å². The first-order valence-electron chi connectivity index (χ1n) is 4.71. The molecule has 1 fully saturated rings. The summed E-state index contributed by atoms with van der Waals surface area (Å²) in [6.07, 6.45) is 2.91. The SMILES string of the molecule is NC1CC(=O)NC(c2ccccn2)C1. The number of rotatable bonds is 1. The molecular weight excluding hydrogens is 178 g/mol. The summed E-state index contributed by atoms with van der Waals surface area (Å²) in [6, 6.07) is 5.61. The summed E-state index contributed by atoms with van der Waals surface area (Å²) in [5, 5.41) is 2.88. The maximum Gasteiger partial charge on any atom is 0.222 e. The number of hydrogen-bond donors (Lipinski definition) is 2. The lowest BCUT2D eigenvalue weighted by Crippen LogP contribution is -2.42. The number of nitrogens with zero attached hydrogens (tertiary/aromatic N) is 1. The van der Waals surface area contributed by atoms with Gasteiger partial charge in [0.25, 0.3) is 0 Å². The minimum Gasteiger partial charge on any atom is -0.348 e. The molecule has 2 unspecified atom stereocenters. The van der Waals surface area contributed by atoms with Gasteiger partial charge in [-0.15, -0.1) is 0 Å². The molecular formula is C10H13N3O. The van der Waals surface area contributed by atoms with Crippen LogP contribution in [0.3, 0.4) is 0 Å². The zero-order valence-electron chi connectivity index (χ0n) is 7.81. The molecule has 1 aromatic rings. The summed E-state index contributed by atoms with van der Waals surface area (Å²) in [6.45, 7) is 0. The quantitative estimate of drug-likeness (QED) is 0.673. The van der Waals surface area contributed by atoms with Crippen molar-refractivity contribution in [2.75, 3.05) is 0 Å². The second kappa shape index (κ2) is 3.75. The highest BCUT2D eigenvalue weighted by atomic mass is 16.1. The molecule has 1 aromatic heterocycles. The topological polar surface area (TPSA) is 68.0 Å². The molecule has 2 rings (SSSR count). The van der Waals surface area contributed by atoms with Crippen molar-refractivity contribution in [2.24, 2.45) is 5.73 Å². The van der Waals surface area contributed by atoms with Crippen LogP contribution in [-0.2, 0) is 4.79 Å². The van der Waals surface area contributed by atoms with Gasteiger partial charge in [-0.2, -0.15) is 0 Å². The van der Waals surface area contributed by atoms with Crippen LogP contribution in [0.25, 0.3) is 0 Å². The van der Waals surface area contributed by atoms with Gasteiger partial charge in [-0.1, -0.05) is 6.07 Å². The first-order valence-corrected chi connectivity index (χ1v) is 4.71. The summed E-state index contributed by atoms with van der Waals surface area (Å²) in [7, 11) is 0. The smallest absolute Gasteiger partial charge is 0.222 e. The maximum atomic E-state index is 11.2. The van der Waals surface area contributed by atoms with Crippen molar-refractivity contribution in [3.63, 3.8) is 0 Å². The Hall–Kier alpha value is -1.42. The normalized spacial score (nSPS) is 27.1. The highest BCUT2D eigenvalue weighted by Crippen LogP contribution is 2.20. The van der Waals surface area contributed by atoms with E-state index in [1.165, 1.54) is 0 Å². The van der Waals surface area contributed by atoms with E-state index in [1.807, 2.05) is 18.2 Å². The van der Waals surface area contributed by atoms with Gasteiger partial charge in [0.05, 0.1) is 11.7 Å². The van der Waals surface area contributed by atoms with Crippen molar-refractivity contribution >= 4 is 5.91 Å². The first-order chi connectivity index (χ1) is 6.75. The minimum absolute atomic E-state index is 0.0133. The molecule has 1 amide bonds. The molecule has 0 radical (unpaired) electrons. The molecule has 2 heterocycles. The zero-order valence-corrected chi connectivity index (χ0v) is 7.81. The predicted molar refractivity (Wildman–Crippen MR) is 52.3 cm³/mol. The fraction of sp³-hybridized carbons (Fsp3) is 0.400. The average molecular weight is 191 g/mol. The molecule has 1 saturated heterocycles. The van der Waals surface area contributed by atoms with Gasteiger partial charge in [0.15, 0.2) is 0 Å². The Labute approximate surface area is 82.5 Å². The third kappa shape index (κ3) is 1.90. The van der Waals surface area contributed by atoms with Gasteiger partial charge in [-0.05, 0) is 18.6 Å². The lowest BCUT2D eigenvalue weighted by Gasteiger charge is -2.26. The summed E-state index contributed by atoms with van der Waals surface area (Å²) in [4.78, 5) is 15.4. The molecule has 0 aromatic carbocycles. The number of pyridine rings is 1. The van der Waals surface area contributed by atoms with Gasteiger partial charge in [-0.25, -0.2) is 0 Å². The zero-order chi connectivity index (χ0) is 9.97. The molecule has 4 nitrogen and oxygen atoms in total. The second-order valence-electron chi connectivity index (χ2n) is 3.57. The molecule has 0 saturated carbocycles. The summed E-state index contributed by atoms with van der Waals surface area (Å²) < 4.78 is 0. The molecule has 4 heteroatoms. The van der Waals surface area contributed by atoms with Gasteiger partial charge in [-0.3, -0.25) is 9.78 Å². The van der Waals surface area contributed by atoms with Crippen LogP contribution in [0.2, 0.25) is 0 Å². The largest absolute Gasteiger partial charge is 0.348 e. The number of hydrogen-bond acceptors (Lipinski definition) is 3. The molecule has 74 valence electrons. The molecule has 0 spiro atoms. The van der Waals surface area contributed by atoms with Crippen LogP contribution in [0.15, 0.2) is 24.4 Å². The van der Waals surface area contributed by atoms with E-state index in [2.05, 4.69) is 10.3 Å². The van der Waals surface area contributed by atoms with Crippen LogP contribution in [0.5, 0.6) is 0 Å². The first kappa shape index (κ1) is 9.15. The molecule has 2 atom stereocenters. The molecule has 1 aliphatic heterocycles. The number of amides is 1. The minimum atomic E-state index is -0.0456. The van der Waals surface area contributed by atoms with Crippen LogP contribution in [0, 0.1) is 0 Å². The van der Waals surface area contributed by atoms with E-state index in [1.54, 1.807) is 6.20 Å². The fourth-order valence-corrected chi connectivity index (χ4v) is 1.71. The van der Waals surface area contributed by atoms with Crippen molar-refractivity contribution in [3.8, 4) is 0 Å². The fourth-order valence-electron chi connectivity index (χ4n) is 1.71. The number of carbonyl (C=O) groups excluding carboxylic acids is 1. The van der Waals surface area contributed by atoms with Crippen molar-refractivity contribution in [2.45, 2.75) is 24.9 Å². The van der Waals surface area contributed by atoms with Gasteiger partial charge in [0.2, 0.25) is 5.91 Å². The molecule has 1 aliphatic rings. The predicted octanol–water partition coefficient (Wildman–Crippen LogP) is 0.360. The Morgan fingerprint density at radius 1 is 1.50 bits per heavy atom. The monoisotopic (exact) mass is 191 g/mol. The summed E-state index contributed by atoms with van der Waals surface area (Å²) in [5.74, 6) is 0.0133. The highest BCUT2D eigenvalue weighted by Gasteiger charge is 2.25. The number of nitrogens with one attached hydrogen (secondary N) is 1. The number of piperidine rings is 1. The Morgan fingerprint density at radius 2 is 2.36 bits per heavy atom. The average Bonchev–Trinajstić information content (AvgIpc) is 2.18. The van der Waals surface area contributed by atoms with E-state index < -0.39 is 0 Å². The van der Waals surface area contributed by atoms with Crippen LogP contribution in [0.4, 0.5) is 0 Å². The lowest BCUT2D eigenvalue weighted by atomic mass is 9.97. The van der Waals surface area contributed by atoms with Crippen LogP contribution >= 0.6 is 0 Å². The van der Waals surface area contributed by atoms with Crippen molar-refractivity contribution in [1.29, 1.82) is 0 Å². The van der Waals surface area contributed by atoms with Crippen LogP contribution in [-0.4, -0.2) is 16.9 Å². The van der Waals surface area contributed by atoms with E-state index in [4.69, 9.17) is 5.73 Å². The van der Waals surface area contributed by atoms with E-state index in [9.17, 15) is 4.79 Å². The Morgan fingerprint density at radius 3 is 3.00 bits per heavy atom. The number of carbonyl (C=O) groups is 1. The molecule has 0 bridgehead atoms. The van der Waals surface area contributed by atoms with Gasteiger partial charge < -0.3 is 11.1 Å². The highest BCUT2D eigenvalue weighted by molar-refractivity contribution is 5.77. The van der Waals surface area contributed by atoms with Crippen molar-refractivity contribution in [3.05, 3.63) is 30.1 Å². The number of aromatic nitrogens is 1. The Balaban J connectivity index is 2.15. The summed E-state index contributed by atoms with van der Waals surface area (Å²) in [5.41, 5.74) is 6.65. The van der Waals surface area contributed by atoms with E-state index in [-0.39, 0.29) is 18.0 Å². The van der Waals surface area contributed by atoms with Crippen LogP contribution in [0.1, 0.15) is 24.6 Å². The van der Waals surface area contributed by atoms with Crippen molar-refractivity contribution < 1.29 is 4.79 Å². The molecule has 0 aliphatic carbocycles. The number of nitrogens with two attached hydrogens (primary N) is 1.